The smallest absolute Gasteiger partial charge is 0.259 e. The second-order valence-corrected chi connectivity index (χ2v) is 5.06. The maximum Gasteiger partial charge on any atom is 0.259 e. The Kier molecular flexibility index (Phi) is 3.10. The van der Waals surface area contributed by atoms with Crippen LogP contribution in [-0.2, 0) is 4.79 Å². The van der Waals surface area contributed by atoms with Gasteiger partial charge in [0, 0.05) is 12.1 Å². The topological polar surface area (TPSA) is 75.3 Å². The molecule has 3 rings (SSSR count). The number of anilines is 1. The van der Waals surface area contributed by atoms with Crippen molar-refractivity contribution in [2.75, 3.05) is 5.32 Å². The standard InChI is InChI=1S/C15H14N2O3/c18-13(7-9-3-1-2-4-9)16-10-5-6-11-12(8-10)15(20)17-14(11)19/h1,3,5-6,8-9H,2,4,7H2,(H,16,18)(H,17,19,20)/t9-/m0/s1. The number of amides is 3. The highest BCUT2D eigenvalue weighted by atomic mass is 16.2. The number of rotatable bonds is 3. The molecule has 1 aliphatic carbocycles. The van der Waals surface area contributed by atoms with Crippen LogP contribution in [0.1, 0.15) is 40.0 Å². The van der Waals surface area contributed by atoms with Crippen LogP contribution >= 0.6 is 0 Å². The molecule has 102 valence electrons. The molecule has 5 heteroatoms. The van der Waals surface area contributed by atoms with Crippen LogP contribution in [-0.4, -0.2) is 17.7 Å². The Morgan fingerprint density at radius 1 is 1.25 bits per heavy atom. The molecule has 0 fully saturated rings. The Balaban J connectivity index is 1.70. The fourth-order valence-electron chi connectivity index (χ4n) is 2.56. The van der Waals surface area contributed by atoms with Crippen LogP contribution in [0.4, 0.5) is 5.69 Å². The van der Waals surface area contributed by atoms with Gasteiger partial charge in [0.25, 0.3) is 11.8 Å². The Hall–Kier alpha value is -2.43. The molecule has 0 spiro atoms. The highest BCUT2D eigenvalue weighted by Crippen LogP contribution is 2.23. The van der Waals surface area contributed by atoms with Gasteiger partial charge in [0.05, 0.1) is 11.1 Å². The normalized spacial score (nSPS) is 19.9. The van der Waals surface area contributed by atoms with Crippen molar-refractivity contribution in [3.63, 3.8) is 0 Å². The highest BCUT2D eigenvalue weighted by molar-refractivity contribution is 6.22. The zero-order chi connectivity index (χ0) is 14.1. The first kappa shape index (κ1) is 12.6. The van der Waals surface area contributed by atoms with E-state index in [0.29, 0.717) is 29.2 Å². The van der Waals surface area contributed by atoms with Gasteiger partial charge in [-0.25, -0.2) is 0 Å². The molecule has 0 radical (unpaired) electrons. The number of nitrogens with one attached hydrogen (secondary N) is 2. The number of allylic oxidation sites excluding steroid dienone is 2. The summed E-state index contributed by atoms with van der Waals surface area (Å²) in [4.78, 5) is 34.9. The number of fused-ring (bicyclic) bond motifs is 1. The van der Waals surface area contributed by atoms with E-state index in [1.54, 1.807) is 12.1 Å². The summed E-state index contributed by atoms with van der Waals surface area (Å²) in [5.74, 6) is -0.584. The molecule has 2 aliphatic rings. The molecule has 3 amide bonds. The van der Waals surface area contributed by atoms with Crippen LogP contribution in [0.15, 0.2) is 30.4 Å². The van der Waals surface area contributed by atoms with E-state index in [1.165, 1.54) is 6.07 Å². The van der Waals surface area contributed by atoms with Gasteiger partial charge in [0.15, 0.2) is 0 Å². The third kappa shape index (κ3) is 2.34. The maximum atomic E-state index is 11.9. The average Bonchev–Trinajstić information content (AvgIpc) is 2.99. The molecule has 1 heterocycles. The summed E-state index contributed by atoms with van der Waals surface area (Å²) in [6, 6.07) is 4.73. The Labute approximate surface area is 116 Å². The van der Waals surface area contributed by atoms with Crippen molar-refractivity contribution in [3.05, 3.63) is 41.5 Å². The third-order valence-corrected chi connectivity index (χ3v) is 3.58. The summed E-state index contributed by atoms with van der Waals surface area (Å²) in [5, 5.41) is 4.99. The van der Waals surface area contributed by atoms with Crippen molar-refractivity contribution in [2.24, 2.45) is 5.92 Å². The lowest BCUT2D eigenvalue weighted by molar-refractivity contribution is -0.116. The van der Waals surface area contributed by atoms with E-state index in [-0.39, 0.29) is 11.8 Å². The molecule has 1 atom stereocenters. The zero-order valence-corrected chi connectivity index (χ0v) is 10.8. The quantitative estimate of drug-likeness (QED) is 0.650. The molecule has 0 saturated heterocycles. The minimum atomic E-state index is -0.417. The van der Waals surface area contributed by atoms with E-state index >= 15 is 0 Å². The number of hydrogen-bond donors (Lipinski definition) is 2. The summed E-state index contributed by atoms with van der Waals surface area (Å²) < 4.78 is 0. The average molecular weight is 270 g/mol. The van der Waals surface area contributed by atoms with Crippen molar-refractivity contribution in [1.82, 2.24) is 5.32 Å². The second kappa shape index (κ2) is 4.92. The van der Waals surface area contributed by atoms with Gasteiger partial charge in [-0.05, 0) is 37.0 Å². The molecular formula is C15H14N2O3. The van der Waals surface area contributed by atoms with E-state index in [0.717, 1.165) is 12.8 Å². The lowest BCUT2D eigenvalue weighted by Gasteiger charge is -2.09. The van der Waals surface area contributed by atoms with Gasteiger partial charge in [-0.3, -0.25) is 19.7 Å². The largest absolute Gasteiger partial charge is 0.326 e. The Morgan fingerprint density at radius 3 is 2.80 bits per heavy atom. The summed E-state index contributed by atoms with van der Waals surface area (Å²) in [6.45, 7) is 0. The first-order valence-electron chi connectivity index (χ1n) is 6.60. The summed E-state index contributed by atoms with van der Waals surface area (Å²) in [7, 11) is 0. The molecule has 5 nitrogen and oxygen atoms in total. The molecule has 0 aromatic heterocycles. The second-order valence-electron chi connectivity index (χ2n) is 5.06. The Bertz CT molecular complexity index is 634. The number of carbonyl (C=O) groups excluding carboxylic acids is 3. The van der Waals surface area contributed by atoms with Crippen LogP contribution in [0.2, 0.25) is 0 Å². The van der Waals surface area contributed by atoms with Crippen molar-refractivity contribution >= 4 is 23.4 Å². The molecule has 20 heavy (non-hydrogen) atoms. The van der Waals surface area contributed by atoms with Gasteiger partial charge in [0.2, 0.25) is 5.91 Å². The first-order valence-corrected chi connectivity index (χ1v) is 6.60. The SMILES string of the molecule is O=C(C[C@H]1C=CCC1)Nc1ccc2c(c1)C(=O)NC2=O. The zero-order valence-electron chi connectivity index (χ0n) is 10.8. The van der Waals surface area contributed by atoms with Crippen molar-refractivity contribution in [2.45, 2.75) is 19.3 Å². The van der Waals surface area contributed by atoms with Crippen LogP contribution in [0.25, 0.3) is 0 Å². The number of imide groups is 1. The fraction of sp³-hybridized carbons (Fsp3) is 0.267. The van der Waals surface area contributed by atoms with E-state index in [4.69, 9.17) is 0 Å². The van der Waals surface area contributed by atoms with Crippen molar-refractivity contribution in [3.8, 4) is 0 Å². The predicted octanol–water partition coefficient (Wildman–Crippen LogP) is 1.86. The van der Waals surface area contributed by atoms with Crippen LogP contribution in [0.3, 0.4) is 0 Å². The van der Waals surface area contributed by atoms with Gasteiger partial charge in [-0.1, -0.05) is 12.2 Å². The number of hydrogen-bond acceptors (Lipinski definition) is 3. The van der Waals surface area contributed by atoms with Gasteiger partial charge in [0.1, 0.15) is 0 Å². The van der Waals surface area contributed by atoms with Crippen molar-refractivity contribution < 1.29 is 14.4 Å². The highest BCUT2D eigenvalue weighted by Gasteiger charge is 2.26. The molecule has 0 bridgehead atoms. The van der Waals surface area contributed by atoms with Crippen LogP contribution in [0.5, 0.6) is 0 Å². The minimum Gasteiger partial charge on any atom is -0.326 e. The van der Waals surface area contributed by atoms with E-state index in [2.05, 4.69) is 22.8 Å². The number of benzene rings is 1. The summed E-state index contributed by atoms with van der Waals surface area (Å²) in [6.07, 6.45) is 6.63. The predicted molar refractivity (Wildman–Crippen MR) is 73.3 cm³/mol. The molecule has 1 aliphatic heterocycles. The van der Waals surface area contributed by atoms with Gasteiger partial charge in [-0.2, -0.15) is 0 Å². The van der Waals surface area contributed by atoms with Crippen LogP contribution < -0.4 is 10.6 Å². The summed E-state index contributed by atoms with van der Waals surface area (Å²) in [5.41, 5.74) is 1.21. The number of carbonyl (C=O) groups is 3. The first-order chi connectivity index (χ1) is 9.63. The minimum absolute atomic E-state index is 0.0776. The molecule has 1 aromatic carbocycles. The molecule has 0 unspecified atom stereocenters. The van der Waals surface area contributed by atoms with E-state index in [1.807, 2.05) is 0 Å². The van der Waals surface area contributed by atoms with Gasteiger partial charge >= 0.3 is 0 Å². The van der Waals surface area contributed by atoms with Crippen LogP contribution in [0, 0.1) is 5.92 Å². The Morgan fingerprint density at radius 2 is 2.05 bits per heavy atom. The fourth-order valence-corrected chi connectivity index (χ4v) is 2.56. The maximum absolute atomic E-state index is 11.9. The molecule has 0 saturated carbocycles. The van der Waals surface area contributed by atoms with Gasteiger partial charge in [-0.15, -0.1) is 0 Å². The molecule has 2 N–H and O–H groups in total. The van der Waals surface area contributed by atoms with Crippen molar-refractivity contribution in [1.29, 1.82) is 0 Å². The van der Waals surface area contributed by atoms with Gasteiger partial charge < -0.3 is 5.32 Å². The lowest BCUT2D eigenvalue weighted by Crippen LogP contribution is -2.19. The molecule has 1 aromatic rings. The van der Waals surface area contributed by atoms with E-state index in [9.17, 15) is 14.4 Å². The summed E-state index contributed by atoms with van der Waals surface area (Å²) >= 11 is 0. The van der Waals surface area contributed by atoms with E-state index < -0.39 is 5.91 Å². The molecular weight excluding hydrogens is 256 g/mol. The third-order valence-electron chi connectivity index (χ3n) is 3.58. The lowest BCUT2D eigenvalue weighted by atomic mass is 10.0. The monoisotopic (exact) mass is 270 g/mol.